The summed E-state index contributed by atoms with van der Waals surface area (Å²) in [4.78, 5) is 26.2. The Morgan fingerprint density at radius 3 is 2.56 bits per heavy atom. The van der Waals surface area contributed by atoms with Crippen molar-refractivity contribution in [3.63, 3.8) is 0 Å². The van der Waals surface area contributed by atoms with Crippen LogP contribution in [0.5, 0.6) is 0 Å². The fourth-order valence-corrected chi connectivity index (χ4v) is 2.71. The number of amides is 1. The highest BCUT2D eigenvalue weighted by Gasteiger charge is 2.31. The van der Waals surface area contributed by atoms with Crippen molar-refractivity contribution in [1.29, 1.82) is 0 Å². The zero-order valence-corrected chi connectivity index (χ0v) is 15.5. The van der Waals surface area contributed by atoms with Gasteiger partial charge < -0.3 is 14.4 Å². The minimum atomic E-state index is -0.530. The first-order chi connectivity index (χ1) is 11.8. The molecule has 1 aromatic rings. The highest BCUT2D eigenvalue weighted by Crippen LogP contribution is 2.23. The van der Waals surface area contributed by atoms with E-state index in [-0.39, 0.29) is 24.7 Å². The van der Waals surface area contributed by atoms with Crippen LogP contribution in [0.4, 0.5) is 4.79 Å². The monoisotopic (exact) mass is 345 g/mol. The van der Waals surface area contributed by atoms with E-state index in [4.69, 9.17) is 9.47 Å². The number of ether oxygens (including phenoxy) is 2. The summed E-state index contributed by atoms with van der Waals surface area (Å²) in [6.45, 7) is 8.14. The van der Waals surface area contributed by atoms with E-state index in [0.717, 1.165) is 18.4 Å². The Kier molecular flexibility index (Phi) is 6.23. The molecule has 1 heterocycles. The molecule has 0 bridgehead atoms. The second-order valence-electron chi connectivity index (χ2n) is 7.29. The summed E-state index contributed by atoms with van der Waals surface area (Å²) in [5.41, 5.74) is 0.925. The molecular formula is C20H27NO4. The first-order valence-electron chi connectivity index (χ1n) is 8.65. The van der Waals surface area contributed by atoms with E-state index in [1.54, 1.807) is 11.8 Å². The van der Waals surface area contributed by atoms with Gasteiger partial charge in [0.05, 0.1) is 6.04 Å². The predicted octanol–water partition coefficient (Wildman–Crippen LogP) is 4.08. The van der Waals surface area contributed by atoms with Crippen LogP contribution < -0.4 is 0 Å². The van der Waals surface area contributed by atoms with Crippen LogP contribution in [0.1, 0.15) is 46.1 Å². The van der Waals surface area contributed by atoms with Crippen LogP contribution in [0.15, 0.2) is 42.0 Å². The molecule has 0 aliphatic carbocycles. The highest BCUT2D eigenvalue weighted by molar-refractivity contribution is 5.88. The molecule has 1 fully saturated rings. The molecular weight excluding hydrogens is 318 g/mol. The third kappa shape index (κ3) is 5.93. The molecule has 1 aliphatic heterocycles. The summed E-state index contributed by atoms with van der Waals surface area (Å²) in [6, 6.07) is 9.42. The molecule has 1 aliphatic rings. The molecule has 25 heavy (non-hydrogen) atoms. The Morgan fingerprint density at radius 1 is 1.24 bits per heavy atom. The van der Waals surface area contributed by atoms with Crippen LogP contribution in [0.3, 0.4) is 0 Å². The highest BCUT2D eigenvalue weighted by atomic mass is 16.6. The minimum absolute atomic E-state index is 0.126. The van der Waals surface area contributed by atoms with Crippen LogP contribution in [0.2, 0.25) is 0 Å². The second kappa shape index (κ2) is 8.19. The van der Waals surface area contributed by atoms with Gasteiger partial charge in [-0.3, -0.25) is 0 Å². The predicted molar refractivity (Wildman–Crippen MR) is 96.0 cm³/mol. The normalized spacial score (nSPS) is 18.2. The molecule has 2 rings (SSSR count). The molecule has 0 N–H and O–H groups in total. The van der Waals surface area contributed by atoms with Crippen molar-refractivity contribution in [3.8, 4) is 0 Å². The molecule has 1 unspecified atom stereocenters. The molecule has 136 valence electrons. The molecule has 1 saturated heterocycles. The minimum Gasteiger partial charge on any atom is -0.457 e. The van der Waals surface area contributed by atoms with E-state index >= 15 is 0 Å². The Hall–Kier alpha value is -2.30. The van der Waals surface area contributed by atoms with Gasteiger partial charge >= 0.3 is 12.1 Å². The maximum atomic E-state index is 12.3. The van der Waals surface area contributed by atoms with Gasteiger partial charge in [-0.05, 0) is 46.1 Å². The van der Waals surface area contributed by atoms with Gasteiger partial charge in [0, 0.05) is 12.1 Å². The Labute approximate surface area is 149 Å². The lowest BCUT2D eigenvalue weighted by Crippen LogP contribution is -2.39. The van der Waals surface area contributed by atoms with Gasteiger partial charge in [0.2, 0.25) is 0 Å². The third-order valence-corrected chi connectivity index (χ3v) is 3.90. The maximum absolute atomic E-state index is 12.3. The summed E-state index contributed by atoms with van der Waals surface area (Å²) in [7, 11) is 0. The lowest BCUT2D eigenvalue weighted by molar-refractivity contribution is -0.140. The van der Waals surface area contributed by atoms with Gasteiger partial charge in [0.15, 0.2) is 0 Å². The number of benzene rings is 1. The summed E-state index contributed by atoms with van der Waals surface area (Å²) in [5.74, 6) is -0.361. The average Bonchev–Trinajstić information content (AvgIpc) is 3.00. The molecule has 0 radical (unpaired) electrons. The van der Waals surface area contributed by atoms with Gasteiger partial charge in [-0.2, -0.15) is 0 Å². The zero-order chi connectivity index (χ0) is 18.4. The van der Waals surface area contributed by atoms with E-state index in [1.807, 2.05) is 57.2 Å². The van der Waals surface area contributed by atoms with Crippen molar-refractivity contribution >= 4 is 12.1 Å². The van der Waals surface area contributed by atoms with Gasteiger partial charge in [0.25, 0.3) is 0 Å². The largest absolute Gasteiger partial charge is 0.457 e. The van der Waals surface area contributed by atoms with E-state index < -0.39 is 5.60 Å². The fourth-order valence-electron chi connectivity index (χ4n) is 2.71. The fraction of sp³-hybridized carbons (Fsp3) is 0.500. The third-order valence-electron chi connectivity index (χ3n) is 3.90. The molecule has 1 atom stereocenters. The summed E-state index contributed by atoms with van der Waals surface area (Å²) in [5, 5.41) is 0. The quantitative estimate of drug-likeness (QED) is 0.609. The summed E-state index contributed by atoms with van der Waals surface area (Å²) in [6.07, 6.45) is 3.19. The molecule has 0 aromatic heterocycles. The molecule has 1 aromatic carbocycles. The molecule has 5 heteroatoms. The lowest BCUT2D eigenvalue weighted by Gasteiger charge is -2.27. The van der Waals surface area contributed by atoms with Crippen LogP contribution in [-0.4, -0.2) is 35.2 Å². The maximum Gasteiger partial charge on any atom is 0.410 e. The van der Waals surface area contributed by atoms with Crippen molar-refractivity contribution in [2.24, 2.45) is 0 Å². The van der Waals surface area contributed by atoms with Crippen molar-refractivity contribution in [1.82, 2.24) is 4.90 Å². The first-order valence-corrected chi connectivity index (χ1v) is 8.65. The number of carbonyl (C=O) groups is 2. The average molecular weight is 345 g/mol. The number of esters is 1. The zero-order valence-electron chi connectivity index (χ0n) is 15.5. The Balaban J connectivity index is 1.94. The lowest BCUT2D eigenvalue weighted by atomic mass is 10.1. The first kappa shape index (κ1) is 19.0. The molecule has 0 saturated carbocycles. The van der Waals surface area contributed by atoms with E-state index in [0.29, 0.717) is 12.1 Å². The van der Waals surface area contributed by atoms with Crippen molar-refractivity contribution in [2.45, 2.75) is 58.8 Å². The van der Waals surface area contributed by atoms with Gasteiger partial charge in [-0.15, -0.1) is 0 Å². The van der Waals surface area contributed by atoms with Crippen molar-refractivity contribution < 1.29 is 19.1 Å². The number of rotatable bonds is 4. The molecule has 0 spiro atoms. The number of likely N-dealkylation sites (tertiary alicyclic amines) is 1. The number of hydrogen-bond donors (Lipinski definition) is 0. The van der Waals surface area contributed by atoms with Crippen LogP contribution in [0, 0.1) is 0 Å². The number of hydrogen-bond acceptors (Lipinski definition) is 4. The number of nitrogens with zero attached hydrogens (tertiary/aromatic N) is 1. The SMILES string of the molecule is CC(=CC1CCCN1C(=O)OC(C)(C)C)C(=O)OCc1ccccc1. The van der Waals surface area contributed by atoms with Gasteiger partial charge in [-0.1, -0.05) is 36.4 Å². The smallest absolute Gasteiger partial charge is 0.410 e. The van der Waals surface area contributed by atoms with Crippen molar-refractivity contribution in [3.05, 3.63) is 47.5 Å². The standard InChI is InChI=1S/C20H27NO4/c1-15(18(22)24-14-16-9-6-5-7-10-16)13-17-11-8-12-21(17)19(23)25-20(2,3)4/h5-7,9-10,13,17H,8,11-12,14H2,1-4H3. The summed E-state index contributed by atoms with van der Waals surface area (Å²) >= 11 is 0. The van der Waals surface area contributed by atoms with E-state index in [9.17, 15) is 9.59 Å². The topological polar surface area (TPSA) is 55.8 Å². The number of carbonyl (C=O) groups excluding carboxylic acids is 2. The van der Waals surface area contributed by atoms with Crippen LogP contribution >= 0.6 is 0 Å². The molecule has 5 nitrogen and oxygen atoms in total. The Bertz CT molecular complexity index is 631. The van der Waals surface area contributed by atoms with Crippen LogP contribution in [-0.2, 0) is 20.9 Å². The van der Waals surface area contributed by atoms with Crippen LogP contribution in [0.25, 0.3) is 0 Å². The van der Waals surface area contributed by atoms with Gasteiger partial charge in [-0.25, -0.2) is 9.59 Å². The second-order valence-corrected chi connectivity index (χ2v) is 7.29. The summed E-state index contributed by atoms with van der Waals surface area (Å²) < 4.78 is 10.8. The van der Waals surface area contributed by atoms with E-state index in [1.165, 1.54) is 0 Å². The van der Waals surface area contributed by atoms with Gasteiger partial charge in [0.1, 0.15) is 12.2 Å². The Morgan fingerprint density at radius 2 is 1.92 bits per heavy atom. The molecule has 1 amide bonds. The van der Waals surface area contributed by atoms with Crippen molar-refractivity contribution in [2.75, 3.05) is 6.54 Å². The van der Waals surface area contributed by atoms with E-state index in [2.05, 4.69) is 0 Å².